The predicted octanol–water partition coefficient (Wildman–Crippen LogP) is 20.4. The van der Waals surface area contributed by atoms with Crippen molar-refractivity contribution in [1.82, 2.24) is 5.32 Å². The molecule has 0 aromatic rings. The van der Waals surface area contributed by atoms with Crippen molar-refractivity contribution in [3.05, 3.63) is 12.2 Å². The van der Waals surface area contributed by atoms with Crippen LogP contribution in [0, 0.1) is 0 Å². The normalized spacial score (nSPS) is 13.6. The highest BCUT2D eigenvalue weighted by molar-refractivity contribution is 5.80. The van der Waals surface area contributed by atoms with Crippen molar-refractivity contribution in [2.75, 3.05) is 6.61 Å². The Labute approximate surface area is 457 Å². The van der Waals surface area contributed by atoms with Gasteiger partial charge in [-0.25, -0.2) is 0 Å². The molecule has 0 aliphatic carbocycles. The van der Waals surface area contributed by atoms with E-state index in [1.807, 2.05) is 0 Å². The Morgan fingerprint density at radius 3 is 0.795 bits per heavy atom. The number of carbonyl (C=O) groups is 1. The summed E-state index contributed by atoms with van der Waals surface area (Å²) in [4.78, 5) is 12.6. The van der Waals surface area contributed by atoms with Crippen LogP contribution in [0.4, 0.5) is 0 Å². The van der Waals surface area contributed by atoms with Gasteiger partial charge in [0.05, 0.1) is 18.8 Å². The predicted molar refractivity (Wildman–Crippen MR) is 321 cm³/mol. The van der Waals surface area contributed by atoms with E-state index in [0.717, 1.165) is 38.5 Å². The van der Waals surface area contributed by atoms with Gasteiger partial charge in [-0.1, -0.05) is 353 Å². The van der Waals surface area contributed by atoms with Crippen LogP contribution in [0.1, 0.15) is 380 Å². The third kappa shape index (κ3) is 55.6. The van der Waals surface area contributed by atoms with Gasteiger partial charge in [0.1, 0.15) is 12.2 Å². The minimum atomic E-state index is -1.26. The van der Waals surface area contributed by atoms with Gasteiger partial charge in [-0.3, -0.25) is 4.79 Å². The highest BCUT2D eigenvalue weighted by atomic mass is 16.3. The summed E-state index contributed by atoms with van der Waals surface area (Å²) in [5, 5.41) is 44.2. The lowest BCUT2D eigenvalue weighted by molar-refractivity contribution is -0.132. The van der Waals surface area contributed by atoms with Crippen molar-refractivity contribution in [2.24, 2.45) is 0 Å². The number of amides is 1. The number of hydrogen-bond acceptors (Lipinski definition) is 5. The molecule has 0 aliphatic heterocycles. The van der Waals surface area contributed by atoms with Crippen LogP contribution >= 0.6 is 0 Å². The first-order chi connectivity index (χ1) is 36.0. The molecule has 0 radical (unpaired) electrons. The lowest BCUT2D eigenvalue weighted by Crippen LogP contribution is -2.53. The van der Waals surface area contributed by atoms with E-state index in [1.165, 1.54) is 315 Å². The molecule has 4 atom stereocenters. The van der Waals surface area contributed by atoms with Gasteiger partial charge in [-0.05, 0) is 38.5 Å². The Bertz CT molecular complexity index is 1070. The summed E-state index contributed by atoms with van der Waals surface area (Å²) in [6.07, 6.45) is 76.1. The molecule has 1 amide bonds. The van der Waals surface area contributed by atoms with E-state index in [0.29, 0.717) is 12.8 Å². The molecular weight excluding hydrogens is 899 g/mol. The highest BCUT2D eigenvalue weighted by Crippen LogP contribution is 2.20. The minimum absolute atomic E-state index is 0.371. The third-order valence-corrected chi connectivity index (χ3v) is 16.2. The summed E-state index contributed by atoms with van der Waals surface area (Å²) in [5.41, 5.74) is 0. The van der Waals surface area contributed by atoms with Crippen molar-refractivity contribution in [2.45, 2.75) is 404 Å². The molecule has 436 valence electrons. The third-order valence-electron chi connectivity index (χ3n) is 16.2. The second-order valence-electron chi connectivity index (χ2n) is 23.5. The molecule has 0 bridgehead atoms. The molecule has 0 rings (SSSR count). The first kappa shape index (κ1) is 72.0. The van der Waals surface area contributed by atoms with E-state index in [1.54, 1.807) is 0 Å². The topological polar surface area (TPSA) is 110 Å². The fourth-order valence-electron chi connectivity index (χ4n) is 11.0. The molecule has 4 unspecified atom stereocenters. The molecule has 0 aromatic heterocycles. The van der Waals surface area contributed by atoms with Crippen LogP contribution in [-0.2, 0) is 4.79 Å². The smallest absolute Gasteiger partial charge is 0.249 e. The molecule has 0 saturated carbocycles. The first-order valence-corrected chi connectivity index (χ1v) is 33.6. The van der Waals surface area contributed by atoms with Gasteiger partial charge in [0, 0.05) is 0 Å². The van der Waals surface area contributed by atoms with Gasteiger partial charge < -0.3 is 25.7 Å². The van der Waals surface area contributed by atoms with Gasteiger partial charge in [-0.15, -0.1) is 0 Å². The first-order valence-electron chi connectivity index (χ1n) is 33.6. The Hall–Kier alpha value is -0.950. The number of carbonyl (C=O) groups excluding carboxylic acids is 1. The molecule has 0 aromatic carbocycles. The van der Waals surface area contributed by atoms with Crippen LogP contribution in [0.15, 0.2) is 12.2 Å². The van der Waals surface area contributed by atoms with E-state index in [4.69, 9.17) is 0 Å². The summed E-state index contributed by atoms with van der Waals surface area (Å²) >= 11 is 0. The molecule has 5 N–H and O–H groups in total. The molecule has 6 heteroatoms. The Morgan fingerprint density at radius 2 is 0.548 bits per heavy atom. The largest absolute Gasteiger partial charge is 0.394 e. The summed E-state index contributed by atoms with van der Waals surface area (Å²) < 4.78 is 0. The molecule has 0 heterocycles. The Kier molecular flexibility index (Phi) is 61.1. The van der Waals surface area contributed by atoms with Gasteiger partial charge in [0.15, 0.2) is 0 Å². The quantitative estimate of drug-likeness (QED) is 0.0308. The fourth-order valence-corrected chi connectivity index (χ4v) is 11.0. The number of nitrogens with one attached hydrogen (secondary N) is 1. The van der Waals surface area contributed by atoms with Crippen LogP contribution in [0.2, 0.25) is 0 Å². The lowest BCUT2D eigenvalue weighted by Gasteiger charge is -2.27. The number of hydrogen-bond donors (Lipinski definition) is 5. The van der Waals surface area contributed by atoms with Gasteiger partial charge in [0.2, 0.25) is 5.91 Å². The number of rotatable bonds is 63. The average Bonchev–Trinajstić information content (AvgIpc) is 3.40. The fraction of sp³-hybridized carbons (Fsp3) is 0.955. The SMILES string of the molecule is CCCCCCCCCCCCCC/C=C\CCCCCCCCCCCCC(O)C(=O)NC(CO)C(O)C(O)CCCCCCCCCCCCCCCCCCCCCCCCCCCCCCCCC. The van der Waals surface area contributed by atoms with Crippen molar-refractivity contribution in [3.8, 4) is 0 Å². The van der Waals surface area contributed by atoms with Gasteiger partial charge in [0.25, 0.3) is 0 Å². The zero-order valence-corrected chi connectivity index (χ0v) is 49.7. The summed E-state index contributed by atoms with van der Waals surface area (Å²) in [6.45, 7) is 4.11. The maximum atomic E-state index is 12.6. The van der Waals surface area contributed by atoms with Crippen LogP contribution in [0.5, 0.6) is 0 Å². The van der Waals surface area contributed by atoms with E-state index < -0.39 is 36.9 Å². The zero-order chi connectivity index (χ0) is 53.0. The number of allylic oxidation sites excluding steroid dienone is 2. The van der Waals surface area contributed by atoms with Crippen LogP contribution < -0.4 is 5.32 Å². The zero-order valence-electron chi connectivity index (χ0n) is 49.7. The standard InChI is InChI=1S/C67H133NO5/c1-3-5-7-9-11-13-15-17-19-21-23-25-27-29-31-32-33-34-35-37-38-40-42-44-46-48-50-52-54-56-58-60-64(70)66(72)63(62-69)68-67(73)65(71)61-59-57-55-53-51-49-47-45-43-41-39-36-30-28-26-24-22-20-18-16-14-12-10-8-6-4-2/h30,36,63-66,69-72H,3-29,31-35,37-62H2,1-2H3,(H,68,73)/b36-30-. The van der Waals surface area contributed by atoms with Crippen LogP contribution in [0.3, 0.4) is 0 Å². The van der Waals surface area contributed by atoms with Crippen LogP contribution in [0.25, 0.3) is 0 Å². The maximum absolute atomic E-state index is 12.6. The number of aliphatic hydroxyl groups is 4. The summed E-state index contributed by atoms with van der Waals surface area (Å²) in [5.74, 6) is -0.577. The molecule has 6 nitrogen and oxygen atoms in total. The Balaban J connectivity index is 3.54. The average molecular weight is 1030 g/mol. The summed E-state index contributed by atoms with van der Waals surface area (Å²) in [6, 6.07) is -0.985. The summed E-state index contributed by atoms with van der Waals surface area (Å²) in [7, 11) is 0. The molecule has 0 spiro atoms. The van der Waals surface area contributed by atoms with Gasteiger partial charge in [-0.2, -0.15) is 0 Å². The van der Waals surface area contributed by atoms with Gasteiger partial charge >= 0.3 is 0 Å². The van der Waals surface area contributed by atoms with Crippen molar-refractivity contribution in [3.63, 3.8) is 0 Å². The van der Waals surface area contributed by atoms with E-state index in [-0.39, 0.29) is 0 Å². The van der Waals surface area contributed by atoms with Crippen molar-refractivity contribution in [1.29, 1.82) is 0 Å². The second kappa shape index (κ2) is 61.9. The monoisotopic (exact) mass is 1030 g/mol. The maximum Gasteiger partial charge on any atom is 0.249 e. The van der Waals surface area contributed by atoms with Crippen molar-refractivity contribution < 1.29 is 25.2 Å². The number of aliphatic hydroxyl groups excluding tert-OH is 4. The molecule has 73 heavy (non-hydrogen) atoms. The Morgan fingerprint density at radius 1 is 0.329 bits per heavy atom. The molecule has 0 fully saturated rings. The lowest BCUT2D eigenvalue weighted by atomic mass is 9.99. The molecular formula is C67H133NO5. The molecule has 0 saturated heterocycles. The highest BCUT2D eigenvalue weighted by Gasteiger charge is 2.28. The van der Waals surface area contributed by atoms with Crippen LogP contribution in [-0.4, -0.2) is 57.3 Å². The number of unbranched alkanes of at least 4 members (excludes halogenated alkanes) is 52. The minimum Gasteiger partial charge on any atom is -0.394 e. The van der Waals surface area contributed by atoms with E-state index in [2.05, 4.69) is 31.3 Å². The van der Waals surface area contributed by atoms with E-state index in [9.17, 15) is 25.2 Å². The van der Waals surface area contributed by atoms with Crippen molar-refractivity contribution >= 4 is 5.91 Å². The second-order valence-corrected chi connectivity index (χ2v) is 23.5. The van der Waals surface area contributed by atoms with E-state index >= 15 is 0 Å². The molecule has 0 aliphatic rings.